The maximum Gasteiger partial charge on any atom is 0.416 e. The van der Waals surface area contributed by atoms with Crippen molar-refractivity contribution in [1.82, 2.24) is 0 Å². The third-order valence-corrected chi connectivity index (χ3v) is 6.13. The Morgan fingerprint density at radius 2 is 1.33 bits per heavy atom. The summed E-state index contributed by atoms with van der Waals surface area (Å²) in [5, 5.41) is 12.3. The van der Waals surface area contributed by atoms with E-state index in [1.807, 2.05) is 49.4 Å². The lowest BCUT2D eigenvalue weighted by molar-refractivity contribution is -0.956. The molecule has 3 rings (SSSR count). The predicted molar refractivity (Wildman–Crippen MR) is 124 cm³/mol. The number of aliphatic hydroxyl groups is 1. The van der Waals surface area contributed by atoms with Crippen LogP contribution in [0, 0.1) is 0 Å². The number of nitrogens with zero attached hydrogens (tertiary/aromatic N) is 1. The Hall–Kier alpha value is -2.10. The van der Waals surface area contributed by atoms with Crippen LogP contribution in [0.4, 0.5) is 26.3 Å². The number of aliphatic hydroxyl groups excluding tert-OH is 1. The van der Waals surface area contributed by atoms with E-state index in [-0.39, 0.29) is 46.2 Å². The minimum atomic E-state index is -4.91. The molecule has 1 unspecified atom stereocenters. The molecule has 0 radical (unpaired) electrons. The van der Waals surface area contributed by atoms with E-state index in [4.69, 9.17) is 0 Å². The highest BCUT2D eigenvalue weighted by Gasteiger charge is 2.38. The number of benzene rings is 3. The molecule has 0 fully saturated rings. The summed E-state index contributed by atoms with van der Waals surface area (Å²) in [5.74, 6) is 0. The fourth-order valence-electron chi connectivity index (χ4n) is 4.71. The summed E-state index contributed by atoms with van der Waals surface area (Å²) < 4.78 is 80.9. The van der Waals surface area contributed by atoms with Gasteiger partial charge in [0.25, 0.3) is 0 Å². The molecule has 0 spiro atoms. The average molecular weight is 578 g/mol. The van der Waals surface area contributed by atoms with Gasteiger partial charge in [-0.05, 0) is 48.4 Å². The van der Waals surface area contributed by atoms with Gasteiger partial charge in [-0.15, -0.1) is 0 Å². The zero-order valence-electron chi connectivity index (χ0n) is 20.1. The monoisotopic (exact) mass is 577 g/mol. The summed E-state index contributed by atoms with van der Waals surface area (Å²) in [7, 11) is 0. The summed E-state index contributed by atoms with van der Waals surface area (Å²) in [4.78, 5) is 0. The van der Waals surface area contributed by atoms with Crippen LogP contribution in [-0.2, 0) is 25.4 Å². The molecule has 0 bridgehead atoms. The second-order valence-electron chi connectivity index (χ2n) is 9.36. The molecule has 0 saturated heterocycles. The van der Waals surface area contributed by atoms with Crippen molar-refractivity contribution in [2.75, 3.05) is 13.1 Å². The first-order valence-corrected chi connectivity index (χ1v) is 11.6. The van der Waals surface area contributed by atoms with Crippen LogP contribution in [0.2, 0.25) is 0 Å². The Bertz CT molecular complexity index is 1110. The van der Waals surface area contributed by atoms with E-state index in [0.717, 1.165) is 34.9 Å². The molecule has 0 aliphatic carbocycles. The van der Waals surface area contributed by atoms with Crippen LogP contribution in [-0.4, -0.2) is 28.8 Å². The summed E-state index contributed by atoms with van der Waals surface area (Å²) in [6.45, 7) is 4.57. The van der Waals surface area contributed by atoms with E-state index >= 15 is 0 Å². The van der Waals surface area contributed by atoms with Gasteiger partial charge in [0.2, 0.25) is 0 Å². The molecule has 0 saturated carbocycles. The van der Waals surface area contributed by atoms with Crippen molar-refractivity contribution in [1.29, 1.82) is 0 Å². The van der Waals surface area contributed by atoms with Gasteiger partial charge in [0.15, 0.2) is 0 Å². The number of hydrogen-bond acceptors (Lipinski definition) is 1. The molecule has 3 aromatic carbocycles. The summed E-state index contributed by atoms with van der Waals surface area (Å²) in [6.07, 6.45) is -9.09. The lowest BCUT2D eigenvalue weighted by Gasteiger charge is -2.40. The van der Waals surface area contributed by atoms with Gasteiger partial charge in [-0.2, -0.15) is 26.3 Å². The minimum absolute atomic E-state index is 0. The van der Waals surface area contributed by atoms with Gasteiger partial charge in [0.1, 0.15) is 25.7 Å². The zero-order chi connectivity index (χ0) is 25.9. The van der Waals surface area contributed by atoms with Gasteiger partial charge in [-0.3, -0.25) is 0 Å². The third kappa shape index (κ3) is 7.95. The Morgan fingerprint density at radius 1 is 0.778 bits per heavy atom. The van der Waals surface area contributed by atoms with Crippen LogP contribution >= 0.6 is 0 Å². The Labute approximate surface area is 217 Å². The van der Waals surface area contributed by atoms with Crippen LogP contribution in [0.15, 0.2) is 60.7 Å². The Balaban J connectivity index is 0.00000456. The molecule has 2 nitrogen and oxygen atoms in total. The molecule has 198 valence electrons. The van der Waals surface area contributed by atoms with Gasteiger partial charge in [0, 0.05) is 11.1 Å². The van der Waals surface area contributed by atoms with Crippen molar-refractivity contribution < 1.29 is 52.9 Å². The van der Waals surface area contributed by atoms with Crippen molar-refractivity contribution in [2.24, 2.45) is 0 Å². The molecule has 0 amide bonds. The fourth-order valence-corrected chi connectivity index (χ4v) is 4.71. The topological polar surface area (TPSA) is 20.2 Å². The fraction of sp³-hybridized carbons (Fsp3) is 0.407. The first-order chi connectivity index (χ1) is 16.3. The summed E-state index contributed by atoms with van der Waals surface area (Å²) in [6, 6.07) is 15.4. The Kier molecular flexibility index (Phi) is 10.0. The second-order valence-corrected chi connectivity index (χ2v) is 9.36. The molecule has 0 aliphatic rings. The molecule has 9 heteroatoms. The molecular weight excluding hydrogens is 548 g/mol. The average Bonchev–Trinajstić information content (AvgIpc) is 2.76. The Morgan fingerprint density at radius 3 is 1.86 bits per heavy atom. The molecule has 0 heterocycles. The van der Waals surface area contributed by atoms with Gasteiger partial charge in [-0.25, -0.2) is 0 Å². The van der Waals surface area contributed by atoms with E-state index < -0.39 is 29.6 Å². The van der Waals surface area contributed by atoms with Crippen LogP contribution in [0.25, 0.3) is 10.8 Å². The highest BCUT2D eigenvalue weighted by atomic mass is 79.9. The minimum Gasteiger partial charge on any atom is -1.00 e. The SMILES string of the molecule is CCCC[N+](Cc1cc(C(F)(F)F)cc(C(F)(F)F)c1)(Cc1ccc2ccccc2c1)C[C@H](C)O.[Br-]. The van der Waals surface area contributed by atoms with E-state index in [1.165, 1.54) is 0 Å². The van der Waals surface area contributed by atoms with Gasteiger partial charge in [0.05, 0.1) is 17.7 Å². The number of quaternary nitrogens is 1. The highest BCUT2D eigenvalue weighted by molar-refractivity contribution is 5.82. The normalized spacial score (nSPS) is 14.8. The van der Waals surface area contributed by atoms with E-state index in [2.05, 4.69) is 0 Å². The molecule has 0 aromatic heterocycles. The summed E-state index contributed by atoms with van der Waals surface area (Å²) in [5.41, 5.74) is -1.79. The van der Waals surface area contributed by atoms with Crippen LogP contribution < -0.4 is 17.0 Å². The first kappa shape index (κ1) is 30.1. The number of unbranched alkanes of at least 4 members (excludes halogenated alkanes) is 1. The summed E-state index contributed by atoms with van der Waals surface area (Å²) >= 11 is 0. The lowest BCUT2D eigenvalue weighted by atomic mass is 10.0. The van der Waals surface area contributed by atoms with E-state index in [9.17, 15) is 31.4 Å². The molecule has 0 aliphatic heterocycles. The van der Waals surface area contributed by atoms with Crippen molar-refractivity contribution in [3.63, 3.8) is 0 Å². The van der Waals surface area contributed by atoms with Crippen LogP contribution in [0.3, 0.4) is 0 Å². The molecule has 1 N–H and O–H groups in total. The van der Waals surface area contributed by atoms with E-state index in [0.29, 0.717) is 19.5 Å². The standard InChI is InChI=1S/C27H30F6NO.BrH/c1-3-4-11-34(16-19(2)35,17-20-9-10-22-7-5-6-8-23(22)12-20)18-21-13-24(26(28,29)30)15-25(14-21)27(31,32)33;/h5-10,12-15,19,35H,3-4,11,16-18H2,1-2H3;1H/q+1;/p-1/t19-,34?;/m0./s1. The zero-order valence-corrected chi connectivity index (χ0v) is 21.7. The van der Waals surface area contributed by atoms with Gasteiger partial charge >= 0.3 is 12.4 Å². The van der Waals surface area contributed by atoms with Crippen LogP contribution in [0.5, 0.6) is 0 Å². The van der Waals surface area contributed by atoms with E-state index in [1.54, 1.807) is 6.92 Å². The predicted octanol–water partition coefficient (Wildman–Crippen LogP) is 4.58. The number of hydrogen-bond donors (Lipinski definition) is 1. The number of halogens is 7. The van der Waals surface area contributed by atoms with Crippen molar-refractivity contribution in [3.05, 3.63) is 82.9 Å². The third-order valence-electron chi connectivity index (χ3n) is 6.13. The van der Waals surface area contributed by atoms with Crippen LogP contribution in [0.1, 0.15) is 48.9 Å². The second kappa shape index (κ2) is 12.0. The largest absolute Gasteiger partial charge is 1.00 e. The smallest absolute Gasteiger partial charge is 0.416 e. The maximum atomic E-state index is 13.5. The number of fused-ring (bicyclic) bond motifs is 1. The quantitative estimate of drug-likeness (QED) is 0.291. The molecule has 3 aromatic rings. The van der Waals surface area contributed by atoms with Crippen molar-refractivity contribution in [2.45, 2.75) is 58.2 Å². The number of alkyl halides is 6. The lowest BCUT2D eigenvalue weighted by Crippen LogP contribution is -3.00. The molecular formula is C27H30BrF6NO. The van der Waals surface area contributed by atoms with Crippen molar-refractivity contribution >= 4 is 10.8 Å². The van der Waals surface area contributed by atoms with Gasteiger partial charge in [-0.1, -0.05) is 49.7 Å². The van der Waals surface area contributed by atoms with Crippen molar-refractivity contribution in [3.8, 4) is 0 Å². The number of rotatable bonds is 9. The first-order valence-electron chi connectivity index (χ1n) is 11.6. The maximum absolute atomic E-state index is 13.5. The van der Waals surface area contributed by atoms with Gasteiger partial charge < -0.3 is 26.6 Å². The highest BCUT2D eigenvalue weighted by Crippen LogP contribution is 2.37. The molecule has 2 atom stereocenters. The molecule has 36 heavy (non-hydrogen) atoms.